The van der Waals surface area contributed by atoms with Crippen LogP contribution in [0.2, 0.25) is 0 Å². The van der Waals surface area contributed by atoms with Gasteiger partial charge in [-0.2, -0.15) is 0 Å². The van der Waals surface area contributed by atoms with E-state index in [1.807, 2.05) is 30.3 Å². The summed E-state index contributed by atoms with van der Waals surface area (Å²) in [6.07, 6.45) is 7.09. The molecule has 0 radical (unpaired) electrons. The van der Waals surface area contributed by atoms with Crippen LogP contribution in [0, 0.1) is 5.92 Å². The first-order valence-electron chi connectivity index (χ1n) is 8.68. The van der Waals surface area contributed by atoms with Gasteiger partial charge in [0.1, 0.15) is 0 Å². The van der Waals surface area contributed by atoms with E-state index in [0.717, 1.165) is 18.4 Å². The summed E-state index contributed by atoms with van der Waals surface area (Å²) < 4.78 is 5.60. The maximum atomic E-state index is 10.2. The van der Waals surface area contributed by atoms with Crippen molar-refractivity contribution in [3.05, 3.63) is 35.9 Å². The number of aliphatic hydroxyl groups is 2. The van der Waals surface area contributed by atoms with E-state index in [9.17, 15) is 10.2 Å². The Kier molecular flexibility index (Phi) is 11.0. The van der Waals surface area contributed by atoms with E-state index in [1.165, 1.54) is 25.7 Å². The molecule has 0 bridgehead atoms. The van der Waals surface area contributed by atoms with Crippen molar-refractivity contribution < 1.29 is 14.9 Å². The Morgan fingerprint density at radius 2 is 1.73 bits per heavy atom. The van der Waals surface area contributed by atoms with Crippen LogP contribution in [0.5, 0.6) is 0 Å². The van der Waals surface area contributed by atoms with Crippen molar-refractivity contribution >= 4 is 0 Å². The standard InChI is InChI=1S/C19H32O3/c1-2-3-4-5-9-12-18(15-20)19(21)13-14-22-16-17-10-7-6-8-11-17/h6-8,10-11,18-21H,2-5,9,12-16H2,1H3/t18-,19-/m1/s1. The lowest BCUT2D eigenvalue weighted by Crippen LogP contribution is -2.25. The van der Waals surface area contributed by atoms with E-state index in [2.05, 4.69) is 6.92 Å². The highest BCUT2D eigenvalue weighted by atomic mass is 16.5. The SMILES string of the molecule is CCCCCCC[C@H](CO)[C@H](O)CCOCc1ccccc1. The van der Waals surface area contributed by atoms with Gasteiger partial charge < -0.3 is 14.9 Å². The second-order valence-corrected chi connectivity index (χ2v) is 6.04. The van der Waals surface area contributed by atoms with E-state index in [0.29, 0.717) is 19.6 Å². The predicted molar refractivity (Wildman–Crippen MR) is 90.7 cm³/mol. The van der Waals surface area contributed by atoms with Gasteiger partial charge in [-0.05, 0) is 18.4 Å². The third-order valence-corrected chi connectivity index (χ3v) is 4.13. The second-order valence-electron chi connectivity index (χ2n) is 6.04. The van der Waals surface area contributed by atoms with Gasteiger partial charge in [0.2, 0.25) is 0 Å². The van der Waals surface area contributed by atoms with E-state index >= 15 is 0 Å². The smallest absolute Gasteiger partial charge is 0.0716 e. The van der Waals surface area contributed by atoms with Gasteiger partial charge in [0.25, 0.3) is 0 Å². The van der Waals surface area contributed by atoms with E-state index in [4.69, 9.17) is 4.74 Å². The van der Waals surface area contributed by atoms with Crippen molar-refractivity contribution in [2.45, 2.75) is 64.6 Å². The van der Waals surface area contributed by atoms with Crippen molar-refractivity contribution in [1.82, 2.24) is 0 Å². The van der Waals surface area contributed by atoms with E-state index in [1.54, 1.807) is 0 Å². The summed E-state index contributed by atoms with van der Waals surface area (Å²) in [7, 11) is 0. The molecule has 0 saturated carbocycles. The summed E-state index contributed by atoms with van der Waals surface area (Å²) >= 11 is 0. The van der Waals surface area contributed by atoms with Gasteiger partial charge in [-0.25, -0.2) is 0 Å². The highest BCUT2D eigenvalue weighted by Crippen LogP contribution is 2.17. The van der Waals surface area contributed by atoms with Crippen LogP contribution in [0.1, 0.15) is 57.4 Å². The normalized spacial score (nSPS) is 14.0. The molecule has 0 amide bonds. The number of benzene rings is 1. The van der Waals surface area contributed by atoms with Crippen molar-refractivity contribution in [2.24, 2.45) is 5.92 Å². The first kappa shape index (κ1) is 19.1. The minimum atomic E-state index is -0.466. The molecule has 2 atom stereocenters. The van der Waals surface area contributed by atoms with Crippen LogP contribution in [-0.2, 0) is 11.3 Å². The number of hydrogen-bond donors (Lipinski definition) is 2. The molecule has 0 unspecified atom stereocenters. The molecule has 1 rings (SSSR count). The van der Waals surface area contributed by atoms with Crippen LogP contribution in [-0.4, -0.2) is 29.5 Å². The molecular weight excluding hydrogens is 276 g/mol. The Morgan fingerprint density at radius 1 is 1.00 bits per heavy atom. The van der Waals surface area contributed by atoms with E-state index in [-0.39, 0.29) is 12.5 Å². The van der Waals surface area contributed by atoms with Crippen molar-refractivity contribution in [1.29, 1.82) is 0 Å². The molecule has 3 nitrogen and oxygen atoms in total. The third kappa shape index (κ3) is 8.52. The average Bonchev–Trinajstić information content (AvgIpc) is 2.56. The summed E-state index contributed by atoms with van der Waals surface area (Å²) in [5.74, 6) is -0.0121. The zero-order valence-corrected chi connectivity index (χ0v) is 13.9. The quantitative estimate of drug-likeness (QED) is 0.543. The molecule has 0 saturated heterocycles. The van der Waals surface area contributed by atoms with Crippen LogP contribution < -0.4 is 0 Å². The Morgan fingerprint density at radius 3 is 2.41 bits per heavy atom. The lowest BCUT2D eigenvalue weighted by Gasteiger charge is -2.21. The topological polar surface area (TPSA) is 49.7 Å². The summed E-state index contributed by atoms with van der Waals surface area (Å²) in [5.41, 5.74) is 1.15. The minimum Gasteiger partial charge on any atom is -0.396 e. The first-order valence-corrected chi connectivity index (χ1v) is 8.68. The van der Waals surface area contributed by atoms with Crippen molar-refractivity contribution in [3.63, 3.8) is 0 Å². The van der Waals surface area contributed by atoms with Crippen LogP contribution in [0.3, 0.4) is 0 Å². The molecule has 0 fully saturated rings. The van der Waals surface area contributed by atoms with Gasteiger partial charge in [0, 0.05) is 19.1 Å². The molecule has 1 aromatic rings. The summed E-state index contributed by atoms with van der Waals surface area (Å²) in [6, 6.07) is 10.0. The third-order valence-electron chi connectivity index (χ3n) is 4.13. The lowest BCUT2D eigenvalue weighted by atomic mass is 9.94. The molecule has 0 heterocycles. The number of aliphatic hydroxyl groups excluding tert-OH is 2. The summed E-state index contributed by atoms with van der Waals surface area (Å²) in [6.45, 7) is 3.38. The highest BCUT2D eigenvalue weighted by molar-refractivity contribution is 5.13. The molecule has 0 aliphatic carbocycles. The van der Waals surface area contributed by atoms with Gasteiger partial charge >= 0.3 is 0 Å². The van der Waals surface area contributed by atoms with Crippen LogP contribution in [0.15, 0.2) is 30.3 Å². The number of unbranched alkanes of at least 4 members (excludes halogenated alkanes) is 4. The first-order chi connectivity index (χ1) is 10.8. The number of ether oxygens (including phenoxy) is 1. The predicted octanol–water partition coefficient (Wildman–Crippen LogP) is 3.92. The molecule has 0 aromatic heterocycles. The highest BCUT2D eigenvalue weighted by Gasteiger charge is 2.17. The van der Waals surface area contributed by atoms with Gasteiger partial charge in [0.15, 0.2) is 0 Å². The zero-order chi connectivity index (χ0) is 16.0. The molecule has 3 heteroatoms. The molecule has 1 aromatic carbocycles. The Hall–Kier alpha value is -0.900. The molecule has 22 heavy (non-hydrogen) atoms. The van der Waals surface area contributed by atoms with Gasteiger partial charge in [0.05, 0.1) is 12.7 Å². The fourth-order valence-electron chi connectivity index (χ4n) is 2.62. The summed E-state index contributed by atoms with van der Waals surface area (Å²) in [5, 5.41) is 19.6. The maximum Gasteiger partial charge on any atom is 0.0716 e. The van der Waals surface area contributed by atoms with Gasteiger partial charge in [-0.1, -0.05) is 69.4 Å². The monoisotopic (exact) mass is 308 g/mol. The fraction of sp³-hybridized carbons (Fsp3) is 0.684. The van der Waals surface area contributed by atoms with Gasteiger partial charge in [-0.3, -0.25) is 0 Å². The fourth-order valence-corrected chi connectivity index (χ4v) is 2.62. The zero-order valence-electron chi connectivity index (χ0n) is 13.9. The van der Waals surface area contributed by atoms with Crippen molar-refractivity contribution in [3.8, 4) is 0 Å². The molecule has 0 aliphatic rings. The number of rotatable bonds is 13. The Labute approximate surface area is 135 Å². The van der Waals surface area contributed by atoms with Crippen LogP contribution >= 0.6 is 0 Å². The lowest BCUT2D eigenvalue weighted by molar-refractivity contribution is 0.0225. The Balaban J connectivity index is 2.11. The molecule has 126 valence electrons. The van der Waals surface area contributed by atoms with Crippen molar-refractivity contribution in [2.75, 3.05) is 13.2 Å². The molecular formula is C19H32O3. The van der Waals surface area contributed by atoms with Crippen LogP contribution in [0.25, 0.3) is 0 Å². The van der Waals surface area contributed by atoms with Crippen LogP contribution in [0.4, 0.5) is 0 Å². The van der Waals surface area contributed by atoms with E-state index < -0.39 is 6.10 Å². The second kappa shape index (κ2) is 12.6. The minimum absolute atomic E-state index is 0.0121. The maximum absolute atomic E-state index is 10.2. The largest absolute Gasteiger partial charge is 0.396 e. The van der Waals surface area contributed by atoms with Gasteiger partial charge in [-0.15, -0.1) is 0 Å². The molecule has 2 N–H and O–H groups in total. The Bertz CT molecular complexity index is 353. The number of hydrogen-bond acceptors (Lipinski definition) is 3. The molecule has 0 aliphatic heterocycles. The molecule has 0 spiro atoms. The average molecular weight is 308 g/mol. The summed E-state index contributed by atoms with van der Waals surface area (Å²) in [4.78, 5) is 0.